The monoisotopic (exact) mass is 204 g/mol. The molecule has 0 aromatic carbocycles. The Kier molecular flexibility index (Phi) is 5.31. The smallest absolute Gasteiger partial charge is 0.0647 e. The molecule has 84 valence electrons. The molecule has 0 amide bonds. The number of hydrogen-bond donors (Lipinski definition) is 3. The minimum Gasteiger partial charge on any atom is -0.383 e. The summed E-state index contributed by atoms with van der Waals surface area (Å²) in [5.74, 6) is 0. The van der Waals surface area contributed by atoms with Crippen molar-refractivity contribution < 1.29 is 9.94 Å². The van der Waals surface area contributed by atoms with Crippen LogP contribution >= 0.6 is 0 Å². The molecule has 1 aliphatic rings. The van der Waals surface area contributed by atoms with Crippen LogP contribution < -0.4 is 11.3 Å². The quantitative estimate of drug-likeness (QED) is 0.354. The van der Waals surface area contributed by atoms with Gasteiger partial charge in [0.15, 0.2) is 0 Å². The molecule has 0 aromatic rings. The highest BCUT2D eigenvalue weighted by Crippen LogP contribution is 2.18. The summed E-state index contributed by atoms with van der Waals surface area (Å²) in [4.78, 5) is 0. The lowest BCUT2D eigenvalue weighted by Crippen LogP contribution is -2.41. The first-order chi connectivity index (χ1) is 6.77. The molecular weight excluding hydrogens is 184 g/mol. The van der Waals surface area contributed by atoms with Crippen LogP contribution in [0.25, 0.3) is 0 Å². The number of hydrazine groups is 2. The van der Waals surface area contributed by atoms with Gasteiger partial charge in [0.2, 0.25) is 0 Å². The van der Waals surface area contributed by atoms with E-state index in [-0.39, 0.29) is 0 Å². The van der Waals surface area contributed by atoms with Crippen LogP contribution in [0, 0.1) is 0 Å². The van der Waals surface area contributed by atoms with Gasteiger partial charge in [-0.1, -0.05) is 0 Å². The number of methoxy groups -OCH3 is 1. The number of hydroxylamine groups is 1. The molecule has 1 fully saturated rings. The van der Waals surface area contributed by atoms with Crippen molar-refractivity contribution in [3.05, 3.63) is 0 Å². The summed E-state index contributed by atoms with van der Waals surface area (Å²) in [5.41, 5.74) is 8.25. The Balaban J connectivity index is 1.98. The van der Waals surface area contributed by atoms with Crippen molar-refractivity contribution in [2.75, 3.05) is 33.4 Å². The molecule has 6 nitrogen and oxygen atoms in total. The molecule has 0 radical (unpaired) electrons. The SMILES string of the molecule is COCCN(O)NN1CC1CCCN. The Hall–Kier alpha value is -0.240. The zero-order valence-corrected chi connectivity index (χ0v) is 8.65. The van der Waals surface area contributed by atoms with Gasteiger partial charge in [-0.3, -0.25) is 5.21 Å². The second-order valence-corrected chi connectivity index (χ2v) is 3.45. The van der Waals surface area contributed by atoms with Crippen LogP contribution in [0.15, 0.2) is 0 Å². The lowest BCUT2D eigenvalue weighted by Gasteiger charge is -2.16. The van der Waals surface area contributed by atoms with Crippen LogP contribution in [-0.2, 0) is 4.74 Å². The maximum absolute atomic E-state index is 9.31. The molecule has 1 heterocycles. The van der Waals surface area contributed by atoms with Crippen LogP contribution in [0.2, 0.25) is 0 Å². The zero-order chi connectivity index (χ0) is 10.4. The predicted molar refractivity (Wildman–Crippen MR) is 52.3 cm³/mol. The molecule has 1 rings (SSSR count). The van der Waals surface area contributed by atoms with Crippen molar-refractivity contribution in [2.24, 2.45) is 5.73 Å². The van der Waals surface area contributed by atoms with Crippen LogP contribution in [0.3, 0.4) is 0 Å². The Morgan fingerprint density at radius 2 is 2.50 bits per heavy atom. The maximum atomic E-state index is 9.31. The summed E-state index contributed by atoms with van der Waals surface area (Å²) >= 11 is 0. The lowest BCUT2D eigenvalue weighted by atomic mass is 10.2. The van der Waals surface area contributed by atoms with Gasteiger partial charge < -0.3 is 10.5 Å². The molecule has 0 saturated carbocycles. The second-order valence-electron chi connectivity index (χ2n) is 3.45. The number of hydrogen-bond acceptors (Lipinski definition) is 6. The fraction of sp³-hybridized carbons (Fsp3) is 1.00. The third kappa shape index (κ3) is 4.32. The number of ether oxygens (including phenoxy) is 1. The highest BCUT2D eigenvalue weighted by molar-refractivity contribution is 4.84. The summed E-state index contributed by atoms with van der Waals surface area (Å²) < 4.78 is 4.83. The molecule has 6 heteroatoms. The Morgan fingerprint density at radius 3 is 3.14 bits per heavy atom. The van der Waals surface area contributed by atoms with E-state index in [4.69, 9.17) is 10.5 Å². The van der Waals surface area contributed by atoms with E-state index in [2.05, 4.69) is 5.53 Å². The first-order valence-electron chi connectivity index (χ1n) is 4.96. The van der Waals surface area contributed by atoms with E-state index >= 15 is 0 Å². The van der Waals surface area contributed by atoms with Crippen molar-refractivity contribution in [3.8, 4) is 0 Å². The van der Waals surface area contributed by atoms with Crippen molar-refractivity contribution in [1.29, 1.82) is 0 Å². The summed E-state index contributed by atoms with van der Waals surface area (Å²) in [6.07, 6.45) is 2.12. The van der Waals surface area contributed by atoms with E-state index < -0.39 is 0 Å². The molecular formula is C8H20N4O2. The highest BCUT2D eigenvalue weighted by atomic mass is 16.6. The number of nitrogens with two attached hydrogens (primary N) is 1. The van der Waals surface area contributed by atoms with E-state index in [9.17, 15) is 5.21 Å². The Labute approximate surface area is 84.5 Å². The second kappa shape index (κ2) is 6.28. The third-order valence-corrected chi connectivity index (χ3v) is 2.21. The Morgan fingerprint density at radius 1 is 1.71 bits per heavy atom. The standard InChI is InChI=1S/C8H20N4O2/c1-14-6-5-12(13)10-11-7-8(11)3-2-4-9/h8,10,13H,2-7,9H2,1H3. The zero-order valence-electron chi connectivity index (χ0n) is 8.65. The van der Waals surface area contributed by atoms with Gasteiger partial charge in [-0.05, 0) is 19.4 Å². The van der Waals surface area contributed by atoms with Crippen LogP contribution in [0.1, 0.15) is 12.8 Å². The molecule has 1 saturated heterocycles. The normalized spacial score (nSPS) is 25.7. The average Bonchev–Trinajstić information content (AvgIpc) is 2.90. The average molecular weight is 204 g/mol. The van der Waals surface area contributed by atoms with E-state index in [0.717, 1.165) is 31.1 Å². The third-order valence-electron chi connectivity index (χ3n) is 2.21. The molecule has 2 atom stereocenters. The maximum Gasteiger partial charge on any atom is 0.0647 e. The van der Waals surface area contributed by atoms with Gasteiger partial charge in [0, 0.05) is 19.7 Å². The molecule has 2 unspecified atom stereocenters. The lowest BCUT2D eigenvalue weighted by molar-refractivity contribution is -0.176. The summed E-state index contributed by atoms with van der Waals surface area (Å²) in [7, 11) is 1.61. The summed E-state index contributed by atoms with van der Waals surface area (Å²) in [6.45, 7) is 2.67. The number of nitrogens with one attached hydrogen (secondary N) is 1. The van der Waals surface area contributed by atoms with Crippen molar-refractivity contribution in [1.82, 2.24) is 15.7 Å². The molecule has 0 aromatic heterocycles. The van der Waals surface area contributed by atoms with E-state index in [1.165, 1.54) is 0 Å². The minimum atomic E-state index is 0.455. The van der Waals surface area contributed by atoms with E-state index in [0.29, 0.717) is 19.2 Å². The van der Waals surface area contributed by atoms with Crippen molar-refractivity contribution >= 4 is 0 Å². The van der Waals surface area contributed by atoms with Crippen LogP contribution in [-0.4, -0.2) is 54.8 Å². The predicted octanol–water partition coefficient (Wildman–Crippen LogP) is -0.833. The topological polar surface area (TPSA) is 73.8 Å². The Bertz CT molecular complexity index is 158. The molecule has 1 aliphatic heterocycles. The molecule has 0 bridgehead atoms. The summed E-state index contributed by atoms with van der Waals surface area (Å²) in [6, 6.07) is 0.524. The van der Waals surface area contributed by atoms with Gasteiger partial charge in [-0.2, -0.15) is 5.53 Å². The first-order valence-corrected chi connectivity index (χ1v) is 4.96. The fourth-order valence-corrected chi connectivity index (χ4v) is 1.28. The summed E-state index contributed by atoms with van der Waals surface area (Å²) in [5, 5.41) is 12.3. The van der Waals surface area contributed by atoms with Gasteiger partial charge in [0.25, 0.3) is 0 Å². The van der Waals surface area contributed by atoms with Gasteiger partial charge in [-0.15, -0.1) is 5.17 Å². The van der Waals surface area contributed by atoms with Crippen molar-refractivity contribution in [3.63, 3.8) is 0 Å². The van der Waals surface area contributed by atoms with Crippen LogP contribution in [0.5, 0.6) is 0 Å². The number of rotatable bonds is 8. The molecule has 0 aliphatic carbocycles. The van der Waals surface area contributed by atoms with Gasteiger partial charge in [-0.25, -0.2) is 5.01 Å². The van der Waals surface area contributed by atoms with Gasteiger partial charge >= 0.3 is 0 Å². The van der Waals surface area contributed by atoms with E-state index in [1.54, 1.807) is 7.11 Å². The van der Waals surface area contributed by atoms with Gasteiger partial charge in [0.05, 0.1) is 13.2 Å². The van der Waals surface area contributed by atoms with Crippen LogP contribution in [0.4, 0.5) is 0 Å². The molecule has 14 heavy (non-hydrogen) atoms. The number of nitrogens with zero attached hydrogens (tertiary/aromatic N) is 2. The largest absolute Gasteiger partial charge is 0.383 e. The van der Waals surface area contributed by atoms with Gasteiger partial charge in [0.1, 0.15) is 0 Å². The fourth-order valence-electron chi connectivity index (χ4n) is 1.28. The molecule has 4 N–H and O–H groups in total. The molecule has 0 spiro atoms. The minimum absolute atomic E-state index is 0.455. The first kappa shape index (κ1) is 11.8. The highest BCUT2D eigenvalue weighted by Gasteiger charge is 2.34. The van der Waals surface area contributed by atoms with E-state index in [1.807, 2.05) is 5.01 Å². The van der Waals surface area contributed by atoms with Crippen molar-refractivity contribution in [2.45, 2.75) is 18.9 Å².